The number of aryl methyl sites for hydroxylation is 1. The Morgan fingerprint density at radius 1 is 1.37 bits per heavy atom. The van der Waals surface area contributed by atoms with E-state index < -0.39 is 12.1 Å². The van der Waals surface area contributed by atoms with Crippen LogP contribution < -0.4 is 0 Å². The number of carbonyl (C=O) groups is 2. The normalized spacial score (nSPS) is 19.4. The second-order valence-corrected chi connectivity index (χ2v) is 7.21. The maximum absolute atomic E-state index is 12.5. The first-order valence-corrected chi connectivity index (χ1v) is 8.92. The van der Waals surface area contributed by atoms with Crippen molar-refractivity contribution in [3.05, 3.63) is 22.9 Å². The Labute approximate surface area is 160 Å². The molecule has 1 fully saturated rings. The lowest BCUT2D eigenvalue weighted by molar-refractivity contribution is -0.502. The van der Waals surface area contributed by atoms with Crippen molar-refractivity contribution in [3.8, 4) is 6.07 Å². The third-order valence-electron chi connectivity index (χ3n) is 4.42. The minimum absolute atomic E-state index is 0.294. The minimum atomic E-state index is -0.672. The smallest absolute Gasteiger partial charge is 0.364 e. The summed E-state index contributed by atoms with van der Waals surface area (Å²) in [5.74, 6) is 0.0316. The number of ether oxygens (including phenoxy) is 1. The van der Waals surface area contributed by atoms with E-state index in [1.54, 1.807) is 25.8 Å². The first-order valence-electron chi connectivity index (χ1n) is 8.11. The highest BCUT2D eigenvalue weighted by Gasteiger charge is 2.52. The first kappa shape index (κ1) is 19.0. The number of amides is 3. The van der Waals surface area contributed by atoms with Gasteiger partial charge in [-0.05, 0) is 18.0 Å². The summed E-state index contributed by atoms with van der Waals surface area (Å²) in [7, 11) is 6.33. The molecule has 1 unspecified atom stereocenters. The second kappa shape index (κ2) is 7.09. The van der Waals surface area contributed by atoms with Crippen molar-refractivity contribution >= 4 is 34.7 Å². The van der Waals surface area contributed by atoms with Gasteiger partial charge in [-0.25, -0.2) is 14.4 Å². The summed E-state index contributed by atoms with van der Waals surface area (Å²) < 4.78 is 6.87. The number of urea groups is 1. The van der Waals surface area contributed by atoms with Crippen LogP contribution in [-0.2, 0) is 16.1 Å². The summed E-state index contributed by atoms with van der Waals surface area (Å²) in [6.07, 6.45) is 0. The Balaban J connectivity index is 2.03. The van der Waals surface area contributed by atoms with E-state index in [9.17, 15) is 14.9 Å². The molecule has 1 saturated heterocycles. The van der Waals surface area contributed by atoms with Gasteiger partial charge in [0.15, 0.2) is 0 Å². The van der Waals surface area contributed by atoms with Crippen LogP contribution in [0.4, 0.5) is 4.79 Å². The molecule has 27 heavy (non-hydrogen) atoms. The van der Waals surface area contributed by atoms with Gasteiger partial charge < -0.3 is 4.74 Å². The van der Waals surface area contributed by atoms with Crippen molar-refractivity contribution in [2.24, 2.45) is 4.99 Å². The highest BCUT2D eigenvalue weighted by Crippen LogP contribution is 2.29. The monoisotopic (exact) mass is 387 g/mol. The van der Waals surface area contributed by atoms with Crippen LogP contribution in [0.1, 0.15) is 16.8 Å². The fraction of sp³-hybridized carbons (Fsp3) is 0.412. The maximum atomic E-state index is 12.5. The number of likely N-dealkylation sites (N-methyl/N-ethyl adjacent to an activating group) is 3. The second-order valence-electron chi connectivity index (χ2n) is 6.25. The number of rotatable bonds is 3. The van der Waals surface area contributed by atoms with Gasteiger partial charge in [0.05, 0.1) is 19.2 Å². The molecule has 0 aromatic carbocycles. The lowest BCUT2D eigenvalue weighted by atomic mass is 10.1. The van der Waals surface area contributed by atoms with E-state index in [4.69, 9.17) is 4.74 Å². The zero-order valence-corrected chi connectivity index (χ0v) is 16.5. The van der Waals surface area contributed by atoms with Gasteiger partial charge in [-0.2, -0.15) is 5.26 Å². The van der Waals surface area contributed by atoms with E-state index in [2.05, 4.69) is 16.0 Å². The van der Waals surface area contributed by atoms with Crippen LogP contribution in [0.25, 0.3) is 0 Å². The van der Waals surface area contributed by atoms with Gasteiger partial charge in [0.1, 0.15) is 11.1 Å². The van der Waals surface area contributed by atoms with Gasteiger partial charge in [-0.15, -0.1) is 0 Å². The van der Waals surface area contributed by atoms with Crippen LogP contribution in [0.3, 0.4) is 0 Å². The van der Waals surface area contributed by atoms with Crippen molar-refractivity contribution in [2.45, 2.75) is 24.6 Å². The quantitative estimate of drug-likeness (QED) is 0.711. The highest BCUT2D eigenvalue weighted by molar-refractivity contribution is 8.13. The van der Waals surface area contributed by atoms with Crippen LogP contribution >= 0.6 is 11.8 Å². The number of fused-ring (bicyclic) bond motifs is 1. The summed E-state index contributed by atoms with van der Waals surface area (Å²) in [5.41, 5.74) is 1.90. The molecular formula is C17H19N6O3S+. The van der Waals surface area contributed by atoms with Gasteiger partial charge in [0.25, 0.3) is 17.8 Å². The average Bonchev–Trinajstić information content (AvgIpc) is 2.95. The molecule has 1 aromatic rings. The molecule has 3 rings (SSSR count). The number of nitriles is 1. The number of thioether (sulfide) groups is 1. The van der Waals surface area contributed by atoms with Crippen molar-refractivity contribution in [3.63, 3.8) is 0 Å². The van der Waals surface area contributed by atoms with Crippen LogP contribution in [0.5, 0.6) is 0 Å². The van der Waals surface area contributed by atoms with E-state index >= 15 is 0 Å². The SMILES string of the molecule is COCc1cc(C)nc(SC2=[N+](C)C3C(=O)N(C)C(=O)N(C)C3=N2)c1C#N. The van der Waals surface area contributed by atoms with Gasteiger partial charge >= 0.3 is 11.2 Å². The number of methoxy groups -OCH3 is 1. The standard InChI is InChI=1S/C17H19N6O3S/c1-9-6-10(8-26-5)11(7-18)14(19-9)27-16-20-13-12(21(16)2)15(24)23(4)17(25)22(13)3/h6,12H,8H2,1-5H3/q+1. The molecular weight excluding hydrogens is 368 g/mol. The highest BCUT2D eigenvalue weighted by atomic mass is 32.2. The van der Waals surface area contributed by atoms with E-state index in [0.29, 0.717) is 28.2 Å². The van der Waals surface area contributed by atoms with Crippen LogP contribution in [0.2, 0.25) is 0 Å². The molecule has 0 saturated carbocycles. The zero-order valence-electron chi connectivity index (χ0n) is 15.7. The van der Waals surface area contributed by atoms with Crippen molar-refractivity contribution in [2.75, 3.05) is 28.3 Å². The molecule has 1 atom stereocenters. The predicted molar refractivity (Wildman–Crippen MR) is 98.6 cm³/mol. The number of aromatic nitrogens is 1. The fourth-order valence-electron chi connectivity index (χ4n) is 3.01. The maximum Gasteiger partial charge on any atom is 0.364 e. The van der Waals surface area contributed by atoms with E-state index in [-0.39, 0.29) is 5.91 Å². The Morgan fingerprint density at radius 2 is 2.07 bits per heavy atom. The first-order chi connectivity index (χ1) is 12.8. The molecule has 140 valence electrons. The van der Waals surface area contributed by atoms with Crippen LogP contribution in [-0.4, -0.2) is 76.6 Å². The molecule has 0 aliphatic carbocycles. The third kappa shape index (κ3) is 3.09. The molecule has 3 heterocycles. The van der Waals surface area contributed by atoms with Gasteiger partial charge in [-0.1, -0.05) is 0 Å². The molecule has 1 aromatic heterocycles. The molecule has 10 heteroatoms. The third-order valence-corrected chi connectivity index (χ3v) is 5.47. The average molecular weight is 387 g/mol. The number of hydrogen-bond acceptors (Lipinski definition) is 7. The van der Waals surface area contributed by atoms with E-state index in [1.807, 2.05) is 13.0 Å². The molecule has 0 radical (unpaired) electrons. The summed E-state index contributed by atoms with van der Waals surface area (Å²) >= 11 is 1.19. The topological polar surface area (TPSA) is 102 Å². The Bertz CT molecular complexity index is 949. The van der Waals surface area contributed by atoms with Crippen LogP contribution in [0.15, 0.2) is 16.1 Å². The Hall–Kier alpha value is -2.77. The molecule has 0 N–H and O–H groups in total. The molecule has 0 bridgehead atoms. The summed E-state index contributed by atoms with van der Waals surface area (Å²) in [6, 6.07) is 2.89. The summed E-state index contributed by atoms with van der Waals surface area (Å²) in [6.45, 7) is 2.13. The van der Waals surface area contributed by atoms with E-state index in [1.165, 1.54) is 23.7 Å². The number of nitrogens with zero attached hydrogens (tertiary/aromatic N) is 6. The van der Waals surface area contributed by atoms with Gasteiger partial charge in [-0.3, -0.25) is 14.6 Å². The number of amidine groups is 2. The molecule has 3 amide bonds. The Morgan fingerprint density at radius 3 is 2.70 bits per heavy atom. The van der Waals surface area contributed by atoms with Crippen molar-refractivity contribution in [1.29, 1.82) is 5.26 Å². The molecule has 9 nitrogen and oxygen atoms in total. The predicted octanol–water partition coefficient (Wildman–Crippen LogP) is 0.803. The number of pyridine rings is 1. The lowest BCUT2D eigenvalue weighted by Gasteiger charge is -2.29. The summed E-state index contributed by atoms with van der Waals surface area (Å²) in [4.78, 5) is 36.1. The minimum Gasteiger partial charge on any atom is -0.380 e. The van der Waals surface area contributed by atoms with E-state index in [0.717, 1.165) is 16.2 Å². The van der Waals surface area contributed by atoms with Crippen LogP contribution in [0, 0.1) is 18.3 Å². The van der Waals surface area contributed by atoms with Gasteiger partial charge in [0.2, 0.25) is 0 Å². The largest absolute Gasteiger partial charge is 0.380 e. The number of aliphatic imine (C=N–C) groups is 1. The van der Waals surface area contributed by atoms with Gasteiger partial charge in [0, 0.05) is 44.2 Å². The molecule has 2 aliphatic heterocycles. The summed E-state index contributed by atoms with van der Waals surface area (Å²) in [5, 5.41) is 10.6. The Kier molecular flexibility index (Phi) is 4.99. The number of imide groups is 1. The fourth-order valence-corrected chi connectivity index (χ4v) is 4.04. The molecule has 2 aliphatic rings. The number of hydrogen-bond donors (Lipinski definition) is 0. The van der Waals surface area contributed by atoms with Crippen molar-refractivity contribution in [1.82, 2.24) is 14.8 Å². The lowest BCUT2D eigenvalue weighted by Crippen LogP contribution is -2.61. The molecule has 0 spiro atoms. The van der Waals surface area contributed by atoms with Crippen molar-refractivity contribution < 1.29 is 18.9 Å². The zero-order chi connectivity index (χ0) is 19.9. The number of carbonyl (C=O) groups excluding carboxylic acids is 2.